The average molecular weight is 328 g/mol. The van der Waals surface area contributed by atoms with E-state index in [2.05, 4.69) is 39.2 Å². The minimum absolute atomic E-state index is 0.712. The number of nitrogens with one attached hydrogen (secondary N) is 1. The van der Waals surface area contributed by atoms with E-state index in [1.54, 1.807) is 6.20 Å². The molecule has 0 unspecified atom stereocenters. The third-order valence-corrected chi connectivity index (χ3v) is 4.34. The molecule has 4 heteroatoms. The molecular weight excluding hydrogens is 314 g/mol. The van der Waals surface area contributed by atoms with Gasteiger partial charge in [0.15, 0.2) is 0 Å². The lowest BCUT2D eigenvalue weighted by atomic mass is 10.1. The third kappa shape index (κ3) is 2.23. The van der Waals surface area contributed by atoms with Crippen molar-refractivity contribution >= 4 is 43.9 Å². The molecule has 0 radical (unpaired) electrons. The molecular formula is C16H14BrN3. The van der Waals surface area contributed by atoms with Crippen molar-refractivity contribution in [3.8, 4) is 0 Å². The van der Waals surface area contributed by atoms with Crippen molar-refractivity contribution in [2.45, 2.75) is 6.92 Å². The molecule has 1 heterocycles. The molecule has 0 aliphatic heterocycles. The molecule has 0 atom stereocenters. The summed E-state index contributed by atoms with van der Waals surface area (Å²) in [5.41, 5.74) is 10.9. The minimum atomic E-state index is 0.712. The Labute approximate surface area is 126 Å². The van der Waals surface area contributed by atoms with E-state index in [0.29, 0.717) is 5.69 Å². The standard InChI is InChI=1S/C16H14BrN3/c1-10-4-2-6-13(15(10)17)20-14-8-7-12-11(16(14)18)5-3-9-19-12/h2-9,20H,18H2,1H3. The number of aromatic nitrogens is 1. The van der Waals surface area contributed by atoms with Gasteiger partial charge in [0.2, 0.25) is 0 Å². The molecule has 0 spiro atoms. The van der Waals surface area contributed by atoms with Crippen molar-refractivity contribution in [1.29, 1.82) is 0 Å². The maximum absolute atomic E-state index is 6.24. The number of nitrogens with zero attached hydrogens (tertiary/aromatic N) is 1. The van der Waals surface area contributed by atoms with Gasteiger partial charge in [0.1, 0.15) is 0 Å². The number of nitrogen functional groups attached to an aromatic ring is 1. The van der Waals surface area contributed by atoms with E-state index in [4.69, 9.17) is 5.73 Å². The average Bonchev–Trinajstić information content (AvgIpc) is 2.47. The number of benzene rings is 2. The van der Waals surface area contributed by atoms with Crippen LogP contribution in [0.15, 0.2) is 53.1 Å². The summed E-state index contributed by atoms with van der Waals surface area (Å²) in [6, 6.07) is 13.9. The first kappa shape index (κ1) is 12.9. The lowest BCUT2D eigenvalue weighted by Crippen LogP contribution is -1.98. The van der Waals surface area contributed by atoms with E-state index in [1.807, 2.05) is 36.4 Å². The Bertz CT molecular complexity index is 784. The second kappa shape index (κ2) is 5.13. The van der Waals surface area contributed by atoms with Crippen LogP contribution < -0.4 is 11.1 Å². The summed E-state index contributed by atoms with van der Waals surface area (Å²) < 4.78 is 1.05. The van der Waals surface area contributed by atoms with Gasteiger partial charge in [0.05, 0.1) is 22.6 Å². The molecule has 3 nitrogen and oxygen atoms in total. The lowest BCUT2D eigenvalue weighted by molar-refractivity contribution is 1.40. The fraction of sp³-hybridized carbons (Fsp3) is 0.0625. The Kier molecular flexibility index (Phi) is 3.32. The van der Waals surface area contributed by atoms with E-state index in [9.17, 15) is 0 Å². The minimum Gasteiger partial charge on any atom is -0.396 e. The van der Waals surface area contributed by atoms with Crippen LogP contribution in [-0.2, 0) is 0 Å². The molecule has 3 rings (SSSR count). The van der Waals surface area contributed by atoms with Crippen LogP contribution in [0.2, 0.25) is 0 Å². The van der Waals surface area contributed by atoms with Crippen LogP contribution in [0.25, 0.3) is 10.9 Å². The summed E-state index contributed by atoms with van der Waals surface area (Å²) in [6.07, 6.45) is 1.77. The second-order valence-corrected chi connectivity index (χ2v) is 5.45. The Morgan fingerprint density at radius 2 is 1.90 bits per heavy atom. The smallest absolute Gasteiger partial charge is 0.0724 e. The first-order valence-electron chi connectivity index (χ1n) is 6.32. The van der Waals surface area contributed by atoms with Gasteiger partial charge in [-0.3, -0.25) is 4.98 Å². The highest BCUT2D eigenvalue weighted by molar-refractivity contribution is 9.10. The highest BCUT2D eigenvalue weighted by Gasteiger charge is 2.07. The highest BCUT2D eigenvalue weighted by atomic mass is 79.9. The van der Waals surface area contributed by atoms with E-state index >= 15 is 0 Å². The lowest BCUT2D eigenvalue weighted by Gasteiger charge is -2.13. The van der Waals surface area contributed by atoms with Gasteiger partial charge in [0, 0.05) is 16.1 Å². The summed E-state index contributed by atoms with van der Waals surface area (Å²) in [7, 11) is 0. The summed E-state index contributed by atoms with van der Waals surface area (Å²) in [4.78, 5) is 4.30. The molecule has 0 fully saturated rings. The molecule has 100 valence electrons. The number of anilines is 3. The molecule has 0 saturated carbocycles. The van der Waals surface area contributed by atoms with Crippen LogP contribution in [0.5, 0.6) is 0 Å². The summed E-state index contributed by atoms with van der Waals surface area (Å²) in [5.74, 6) is 0. The first-order valence-corrected chi connectivity index (χ1v) is 7.11. The molecule has 1 aromatic heterocycles. The van der Waals surface area contributed by atoms with Crippen LogP contribution in [0.3, 0.4) is 0 Å². The number of fused-ring (bicyclic) bond motifs is 1. The van der Waals surface area contributed by atoms with Crippen LogP contribution in [0.4, 0.5) is 17.1 Å². The zero-order valence-corrected chi connectivity index (χ0v) is 12.6. The Morgan fingerprint density at radius 1 is 1.05 bits per heavy atom. The third-order valence-electron chi connectivity index (χ3n) is 3.29. The summed E-state index contributed by atoms with van der Waals surface area (Å²) in [5, 5.41) is 4.33. The molecule has 2 aromatic carbocycles. The van der Waals surface area contributed by atoms with Crippen LogP contribution >= 0.6 is 15.9 Å². The number of rotatable bonds is 2. The highest BCUT2D eigenvalue weighted by Crippen LogP contribution is 2.33. The number of pyridine rings is 1. The van der Waals surface area contributed by atoms with Crippen molar-refractivity contribution in [1.82, 2.24) is 4.98 Å². The maximum Gasteiger partial charge on any atom is 0.0724 e. The van der Waals surface area contributed by atoms with Crippen LogP contribution in [0.1, 0.15) is 5.56 Å². The van der Waals surface area contributed by atoms with Gasteiger partial charge in [0.25, 0.3) is 0 Å². The van der Waals surface area contributed by atoms with Crippen LogP contribution in [0, 0.1) is 6.92 Å². The van der Waals surface area contributed by atoms with Gasteiger partial charge in [-0.2, -0.15) is 0 Å². The Balaban J connectivity index is 2.07. The molecule has 3 aromatic rings. The van der Waals surface area contributed by atoms with Gasteiger partial charge in [-0.05, 0) is 58.7 Å². The number of halogens is 1. The topological polar surface area (TPSA) is 50.9 Å². The molecule has 0 saturated heterocycles. The fourth-order valence-corrected chi connectivity index (χ4v) is 2.54. The molecule has 0 aliphatic rings. The predicted molar refractivity (Wildman–Crippen MR) is 88.3 cm³/mol. The number of hydrogen-bond acceptors (Lipinski definition) is 3. The van der Waals surface area contributed by atoms with E-state index in [-0.39, 0.29) is 0 Å². The summed E-state index contributed by atoms with van der Waals surface area (Å²) >= 11 is 3.60. The quantitative estimate of drug-likeness (QED) is 0.674. The van der Waals surface area contributed by atoms with Gasteiger partial charge in [-0.25, -0.2) is 0 Å². The van der Waals surface area contributed by atoms with Gasteiger partial charge in [-0.15, -0.1) is 0 Å². The Hall–Kier alpha value is -2.07. The molecule has 0 aliphatic carbocycles. The number of nitrogens with two attached hydrogens (primary N) is 1. The molecule has 3 N–H and O–H groups in total. The van der Waals surface area contributed by atoms with E-state index in [0.717, 1.165) is 26.8 Å². The fourth-order valence-electron chi connectivity index (χ4n) is 2.17. The largest absolute Gasteiger partial charge is 0.396 e. The van der Waals surface area contributed by atoms with Gasteiger partial charge >= 0.3 is 0 Å². The zero-order chi connectivity index (χ0) is 14.1. The van der Waals surface area contributed by atoms with Crippen molar-refractivity contribution in [2.75, 3.05) is 11.1 Å². The molecule has 20 heavy (non-hydrogen) atoms. The van der Waals surface area contributed by atoms with Crippen molar-refractivity contribution in [2.24, 2.45) is 0 Å². The van der Waals surface area contributed by atoms with Crippen molar-refractivity contribution in [3.63, 3.8) is 0 Å². The normalized spacial score (nSPS) is 10.7. The van der Waals surface area contributed by atoms with Crippen molar-refractivity contribution in [3.05, 3.63) is 58.7 Å². The number of hydrogen-bond donors (Lipinski definition) is 2. The van der Waals surface area contributed by atoms with Crippen LogP contribution in [-0.4, -0.2) is 4.98 Å². The predicted octanol–water partition coefficient (Wildman–Crippen LogP) is 4.63. The maximum atomic E-state index is 6.24. The second-order valence-electron chi connectivity index (χ2n) is 4.66. The van der Waals surface area contributed by atoms with E-state index < -0.39 is 0 Å². The monoisotopic (exact) mass is 327 g/mol. The van der Waals surface area contributed by atoms with Crippen molar-refractivity contribution < 1.29 is 0 Å². The van der Waals surface area contributed by atoms with Gasteiger partial charge in [-0.1, -0.05) is 12.1 Å². The first-order chi connectivity index (χ1) is 9.66. The number of aryl methyl sites for hydroxylation is 1. The SMILES string of the molecule is Cc1cccc(Nc2ccc3ncccc3c2N)c1Br. The van der Waals surface area contributed by atoms with Gasteiger partial charge < -0.3 is 11.1 Å². The molecule has 0 amide bonds. The molecule has 0 bridgehead atoms. The Morgan fingerprint density at radius 3 is 2.75 bits per heavy atom. The van der Waals surface area contributed by atoms with E-state index in [1.165, 1.54) is 5.56 Å². The zero-order valence-electron chi connectivity index (χ0n) is 11.0. The summed E-state index contributed by atoms with van der Waals surface area (Å²) in [6.45, 7) is 2.06.